The zero-order valence-corrected chi connectivity index (χ0v) is 22.3. The fourth-order valence-electron chi connectivity index (χ4n) is 5.87. The van der Waals surface area contributed by atoms with Gasteiger partial charge in [-0.05, 0) is 70.3 Å². The van der Waals surface area contributed by atoms with Crippen molar-refractivity contribution in [3.05, 3.63) is 64.7 Å². The van der Waals surface area contributed by atoms with Gasteiger partial charge in [-0.25, -0.2) is 0 Å². The SMILES string of the molecule is Cc1cccc(C2(C#N)CCN(CCCOc3cccc4c3C(=O)N([C@@]3(C)CCC(=O)NC3=O)C4=O)CC2)c1. The monoisotopic (exact) mass is 528 g/mol. The van der Waals surface area contributed by atoms with Crippen molar-refractivity contribution in [3.63, 3.8) is 0 Å². The summed E-state index contributed by atoms with van der Waals surface area (Å²) in [5, 5.41) is 12.2. The molecule has 3 heterocycles. The van der Waals surface area contributed by atoms with Crippen molar-refractivity contribution in [2.45, 2.75) is 56.9 Å². The van der Waals surface area contributed by atoms with Gasteiger partial charge in [0, 0.05) is 13.0 Å². The van der Waals surface area contributed by atoms with Crippen LogP contribution in [0.4, 0.5) is 0 Å². The molecule has 0 spiro atoms. The van der Waals surface area contributed by atoms with Crippen LogP contribution in [0, 0.1) is 18.3 Å². The van der Waals surface area contributed by atoms with Gasteiger partial charge in [0.05, 0.1) is 29.2 Å². The minimum absolute atomic E-state index is 0.0516. The minimum Gasteiger partial charge on any atom is -0.493 e. The molecule has 3 aliphatic heterocycles. The molecule has 9 heteroatoms. The van der Waals surface area contributed by atoms with Crippen LogP contribution in [0.2, 0.25) is 0 Å². The van der Waals surface area contributed by atoms with E-state index in [1.807, 2.05) is 25.1 Å². The van der Waals surface area contributed by atoms with Crippen molar-refractivity contribution in [2.75, 3.05) is 26.2 Å². The van der Waals surface area contributed by atoms with E-state index in [9.17, 15) is 24.4 Å². The highest BCUT2D eigenvalue weighted by Crippen LogP contribution is 2.38. The second kappa shape index (κ2) is 10.3. The van der Waals surface area contributed by atoms with Crippen LogP contribution in [0.5, 0.6) is 5.75 Å². The summed E-state index contributed by atoms with van der Waals surface area (Å²) in [6, 6.07) is 15.7. The van der Waals surface area contributed by atoms with Crippen LogP contribution in [-0.2, 0) is 15.0 Å². The Labute approximate surface area is 227 Å². The molecule has 0 aliphatic carbocycles. The molecule has 4 amide bonds. The van der Waals surface area contributed by atoms with E-state index in [1.165, 1.54) is 6.92 Å². The number of hydrogen-bond acceptors (Lipinski definition) is 7. The number of imide groups is 2. The summed E-state index contributed by atoms with van der Waals surface area (Å²) in [5.74, 6) is -1.90. The maximum atomic E-state index is 13.4. The lowest BCUT2D eigenvalue weighted by Gasteiger charge is -2.38. The van der Waals surface area contributed by atoms with E-state index >= 15 is 0 Å². The van der Waals surface area contributed by atoms with Gasteiger partial charge in [-0.2, -0.15) is 5.26 Å². The van der Waals surface area contributed by atoms with E-state index in [4.69, 9.17) is 4.74 Å². The molecule has 5 rings (SSSR count). The highest BCUT2D eigenvalue weighted by atomic mass is 16.5. The van der Waals surface area contributed by atoms with Crippen molar-refractivity contribution in [2.24, 2.45) is 0 Å². The van der Waals surface area contributed by atoms with Crippen LogP contribution in [0.1, 0.15) is 70.9 Å². The lowest BCUT2D eigenvalue weighted by atomic mass is 9.73. The fourth-order valence-corrected chi connectivity index (χ4v) is 5.87. The maximum Gasteiger partial charge on any atom is 0.266 e. The largest absolute Gasteiger partial charge is 0.493 e. The Morgan fingerprint density at radius 2 is 1.77 bits per heavy atom. The van der Waals surface area contributed by atoms with Crippen LogP contribution in [-0.4, -0.2) is 65.2 Å². The molecule has 2 saturated heterocycles. The highest BCUT2D eigenvalue weighted by Gasteiger charge is 2.53. The van der Waals surface area contributed by atoms with Crippen molar-refractivity contribution < 1.29 is 23.9 Å². The quantitative estimate of drug-likeness (QED) is 0.433. The lowest BCUT2D eigenvalue weighted by Crippen LogP contribution is -2.62. The van der Waals surface area contributed by atoms with Crippen molar-refractivity contribution in [3.8, 4) is 11.8 Å². The predicted molar refractivity (Wildman–Crippen MR) is 142 cm³/mol. The summed E-state index contributed by atoms with van der Waals surface area (Å²) in [6.07, 6.45) is 2.37. The first-order chi connectivity index (χ1) is 18.7. The average molecular weight is 529 g/mol. The molecule has 0 unspecified atom stereocenters. The number of carbonyl (C=O) groups is 4. The predicted octanol–water partition coefficient (Wildman–Crippen LogP) is 3.11. The molecule has 2 fully saturated rings. The number of benzene rings is 2. The first-order valence-electron chi connectivity index (χ1n) is 13.4. The van der Waals surface area contributed by atoms with E-state index in [-0.39, 0.29) is 24.0 Å². The number of nitrogens with one attached hydrogen (secondary N) is 1. The molecule has 0 aromatic heterocycles. The van der Waals surface area contributed by atoms with E-state index in [1.54, 1.807) is 18.2 Å². The smallest absolute Gasteiger partial charge is 0.266 e. The highest BCUT2D eigenvalue weighted by molar-refractivity contribution is 6.25. The molecule has 3 aliphatic rings. The summed E-state index contributed by atoms with van der Waals surface area (Å²) < 4.78 is 5.98. The Balaban J connectivity index is 1.19. The van der Waals surface area contributed by atoms with Crippen LogP contribution in [0.15, 0.2) is 42.5 Å². The molecule has 1 N–H and O–H groups in total. The normalized spacial score (nSPS) is 22.8. The number of rotatable bonds is 7. The van der Waals surface area contributed by atoms with E-state index in [0.717, 1.165) is 48.5 Å². The first kappa shape index (κ1) is 26.6. The molecular formula is C30H32N4O5. The summed E-state index contributed by atoms with van der Waals surface area (Å²) in [4.78, 5) is 54.1. The van der Waals surface area contributed by atoms with Crippen LogP contribution in [0.25, 0.3) is 0 Å². The van der Waals surface area contributed by atoms with Crippen LogP contribution in [0.3, 0.4) is 0 Å². The average Bonchev–Trinajstić information content (AvgIpc) is 3.20. The van der Waals surface area contributed by atoms with Gasteiger partial charge in [-0.3, -0.25) is 29.4 Å². The van der Waals surface area contributed by atoms with Crippen molar-refractivity contribution in [1.29, 1.82) is 5.26 Å². The first-order valence-corrected chi connectivity index (χ1v) is 13.4. The Morgan fingerprint density at radius 3 is 2.46 bits per heavy atom. The van der Waals surface area contributed by atoms with Crippen molar-refractivity contribution >= 4 is 23.6 Å². The maximum absolute atomic E-state index is 13.4. The second-order valence-electron chi connectivity index (χ2n) is 10.9. The zero-order valence-electron chi connectivity index (χ0n) is 22.3. The number of fused-ring (bicyclic) bond motifs is 1. The Kier molecular flexibility index (Phi) is 7.00. The second-order valence-corrected chi connectivity index (χ2v) is 10.9. The summed E-state index contributed by atoms with van der Waals surface area (Å²) in [5.41, 5.74) is 0.700. The molecule has 9 nitrogen and oxygen atoms in total. The number of piperidine rings is 2. The Morgan fingerprint density at radius 1 is 1.03 bits per heavy atom. The standard InChI is InChI=1S/C30H32N4O5/c1-20-6-3-7-21(18-20)30(19-31)12-15-33(16-13-30)14-5-17-39-23-9-4-8-22-25(23)27(37)34(26(22)36)29(2)11-10-24(35)32-28(29)38/h3-4,6-9,18H,5,10-17H2,1-2H3,(H,32,35,38)/t29-/m0/s1. The number of carbonyl (C=O) groups excluding carboxylic acids is 4. The van der Waals surface area contributed by atoms with E-state index in [2.05, 4.69) is 22.4 Å². The molecule has 39 heavy (non-hydrogen) atoms. The lowest BCUT2D eigenvalue weighted by molar-refractivity contribution is -0.140. The third-order valence-corrected chi connectivity index (χ3v) is 8.32. The molecule has 202 valence electrons. The molecule has 1 atom stereocenters. The number of likely N-dealkylation sites (tertiary alicyclic amines) is 1. The van der Waals surface area contributed by atoms with E-state index in [0.29, 0.717) is 18.8 Å². The molecule has 2 aromatic rings. The van der Waals surface area contributed by atoms with Gasteiger partial charge in [-0.1, -0.05) is 35.9 Å². The summed E-state index contributed by atoms with van der Waals surface area (Å²) >= 11 is 0. The molecule has 0 radical (unpaired) electrons. The number of amides is 4. The third kappa shape index (κ3) is 4.70. The minimum atomic E-state index is -1.44. The Bertz CT molecular complexity index is 1390. The molecular weight excluding hydrogens is 496 g/mol. The Hall–Kier alpha value is -4.03. The van der Waals surface area contributed by atoms with E-state index < -0.39 is 34.6 Å². The number of nitriles is 1. The third-order valence-electron chi connectivity index (χ3n) is 8.32. The molecule has 2 aromatic carbocycles. The van der Waals surface area contributed by atoms with Gasteiger partial charge in [0.25, 0.3) is 17.7 Å². The van der Waals surface area contributed by atoms with Gasteiger partial charge in [0.2, 0.25) is 5.91 Å². The number of ether oxygens (including phenoxy) is 1. The summed E-state index contributed by atoms with van der Waals surface area (Å²) in [6.45, 7) is 6.32. The van der Waals surface area contributed by atoms with Crippen LogP contribution < -0.4 is 10.1 Å². The summed E-state index contributed by atoms with van der Waals surface area (Å²) in [7, 11) is 0. The van der Waals surface area contributed by atoms with Crippen molar-refractivity contribution in [1.82, 2.24) is 15.1 Å². The molecule has 0 bridgehead atoms. The van der Waals surface area contributed by atoms with Gasteiger partial charge in [0.15, 0.2) is 0 Å². The van der Waals surface area contributed by atoms with Gasteiger partial charge in [0.1, 0.15) is 11.3 Å². The van der Waals surface area contributed by atoms with Gasteiger partial charge in [-0.15, -0.1) is 0 Å². The molecule has 0 saturated carbocycles. The van der Waals surface area contributed by atoms with Crippen LogP contribution >= 0.6 is 0 Å². The number of aryl methyl sites for hydroxylation is 1. The number of nitrogens with zero attached hydrogens (tertiary/aromatic N) is 3. The fraction of sp³-hybridized carbons (Fsp3) is 0.433. The van der Waals surface area contributed by atoms with Gasteiger partial charge >= 0.3 is 0 Å². The van der Waals surface area contributed by atoms with Gasteiger partial charge < -0.3 is 9.64 Å². The number of hydrogen-bond donors (Lipinski definition) is 1. The topological polar surface area (TPSA) is 120 Å². The zero-order chi connectivity index (χ0) is 27.8.